The van der Waals surface area contributed by atoms with Crippen molar-refractivity contribution in [1.82, 2.24) is 0 Å². The molecule has 0 aromatic heterocycles. The summed E-state index contributed by atoms with van der Waals surface area (Å²) in [5.74, 6) is 0.535. The Kier molecular flexibility index (Phi) is 2.69. The Labute approximate surface area is 94.4 Å². The van der Waals surface area contributed by atoms with Gasteiger partial charge in [0.25, 0.3) is 0 Å². The zero-order chi connectivity index (χ0) is 11.7. The van der Waals surface area contributed by atoms with Gasteiger partial charge in [0.05, 0.1) is 5.56 Å². The fraction of sp³-hybridized carbons (Fsp3) is 0.308. The van der Waals surface area contributed by atoms with Crippen molar-refractivity contribution in [1.29, 1.82) is 0 Å². The maximum atomic E-state index is 11.3. The van der Waals surface area contributed by atoms with E-state index in [0.29, 0.717) is 11.3 Å². The molecule has 0 aliphatic carbocycles. The summed E-state index contributed by atoms with van der Waals surface area (Å²) in [5.41, 5.74) is 1.34. The van der Waals surface area contributed by atoms with E-state index >= 15 is 0 Å². The molecule has 0 radical (unpaired) electrons. The van der Waals surface area contributed by atoms with E-state index in [9.17, 15) is 9.90 Å². The van der Waals surface area contributed by atoms with Crippen molar-refractivity contribution < 1.29 is 14.6 Å². The number of carbonyl (C=O) groups excluding carboxylic acids is 1. The third-order valence-electron chi connectivity index (χ3n) is 2.66. The molecule has 3 heteroatoms. The van der Waals surface area contributed by atoms with E-state index in [4.69, 9.17) is 4.74 Å². The number of phenolic OH excluding ortho intramolecular Hbond substituents is 1. The van der Waals surface area contributed by atoms with Gasteiger partial charge < -0.3 is 9.84 Å². The predicted octanol–water partition coefficient (Wildman–Crippen LogP) is 2.47. The minimum atomic E-state index is -0.130. The summed E-state index contributed by atoms with van der Waals surface area (Å²) in [6.45, 7) is 3.38. The van der Waals surface area contributed by atoms with Gasteiger partial charge in [0.15, 0.2) is 5.78 Å². The lowest BCUT2D eigenvalue weighted by atomic mass is 10.0. The lowest BCUT2D eigenvalue weighted by Crippen LogP contribution is -2.07. The Morgan fingerprint density at radius 1 is 1.56 bits per heavy atom. The van der Waals surface area contributed by atoms with Crippen LogP contribution in [0.5, 0.6) is 11.5 Å². The molecular formula is C13H14O3. The number of phenols is 1. The predicted molar refractivity (Wildman–Crippen MR) is 61.0 cm³/mol. The van der Waals surface area contributed by atoms with E-state index in [2.05, 4.69) is 0 Å². The Bertz CT molecular complexity index is 460. The Morgan fingerprint density at radius 2 is 2.31 bits per heavy atom. The third-order valence-corrected chi connectivity index (χ3v) is 2.66. The molecule has 0 saturated carbocycles. The summed E-state index contributed by atoms with van der Waals surface area (Å²) in [5, 5.41) is 9.64. The minimum absolute atomic E-state index is 0.00706. The Morgan fingerprint density at radius 3 is 2.94 bits per heavy atom. The van der Waals surface area contributed by atoms with E-state index in [1.807, 2.05) is 19.1 Å². The van der Waals surface area contributed by atoms with Gasteiger partial charge in [0, 0.05) is 12.5 Å². The number of ether oxygens (including phenoxy) is 1. The zero-order valence-corrected chi connectivity index (χ0v) is 9.36. The van der Waals surface area contributed by atoms with Crippen LogP contribution in [0.25, 0.3) is 0 Å². The van der Waals surface area contributed by atoms with Gasteiger partial charge >= 0.3 is 0 Å². The molecule has 0 spiro atoms. The second-order valence-corrected chi connectivity index (χ2v) is 3.92. The molecular weight excluding hydrogens is 204 g/mol. The van der Waals surface area contributed by atoms with E-state index in [-0.39, 0.29) is 17.6 Å². The number of rotatable bonds is 2. The molecule has 1 N–H and O–H groups in total. The van der Waals surface area contributed by atoms with Crippen LogP contribution in [0.15, 0.2) is 24.3 Å². The fourth-order valence-electron chi connectivity index (χ4n) is 1.91. The average Bonchev–Trinajstić information content (AvgIpc) is 2.58. The van der Waals surface area contributed by atoms with E-state index < -0.39 is 0 Å². The van der Waals surface area contributed by atoms with E-state index in [0.717, 1.165) is 12.0 Å². The van der Waals surface area contributed by atoms with Crippen LogP contribution in [0, 0.1) is 0 Å². The summed E-state index contributed by atoms with van der Waals surface area (Å²) in [4.78, 5) is 11.3. The van der Waals surface area contributed by atoms with Crippen LogP contribution < -0.4 is 4.74 Å². The topological polar surface area (TPSA) is 46.5 Å². The lowest BCUT2D eigenvalue weighted by molar-refractivity contribution is 0.101. The molecule has 1 aromatic carbocycles. The van der Waals surface area contributed by atoms with Crippen LogP contribution in [-0.2, 0) is 6.42 Å². The number of ketones is 1. The molecule has 1 aliphatic rings. The van der Waals surface area contributed by atoms with Crippen LogP contribution in [0.3, 0.4) is 0 Å². The van der Waals surface area contributed by atoms with Crippen molar-refractivity contribution in [2.75, 3.05) is 0 Å². The van der Waals surface area contributed by atoms with E-state index in [1.165, 1.54) is 13.0 Å². The number of Topliss-reactive ketones (excluding diaryl/α,β-unsaturated/α-hetero) is 1. The van der Waals surface area contributed by atoms with Gasteiger partial charge in [-0.25, -0.2) is 0 Å². The number of hydrogen-bond acceptors (Lipinski definition) is 3. The van der Waals surface area contributed by atoms with Crippen LogP contribution in [0.1, 0.15) is 29.8 Å². The van der Waals surface area contributed by atoms with Gasteiger partial charge in [-0.15, -0.1) is 0 Å². The highest BCUT2D eigenvalue weighted by Gasteiger charge is 2.23. The van der Waals surface area contributed by atoms with Crippen LogP contribution in [0.4, 0.5) is 0 Å². The minimum Gasteiger partial charge on any atom is -0.507 e. The van der Waals surface area contributed by atoms with Crippen LogP contribution >= 0.6 is 0 Å². The molecule has 1 aliphatic heterocycles. The first kappa shape index (κ1) is 10.7. The van der Waals surface area contributed by atoms with Gasteiger partial charge in [-0.3, -0.25) is 4.79 Å². The number of benzene rings is 1. The molecule has 2 rings (SSSR count). The van der Waals surface area contributed by atoms with Crippen molar-refractivity contribution in [3.05, 3.63) is 35.4 Å². The molecule has 3 nitrogen and oxygen atoms in total. The van der Waals surface area contributed by atoms with Crippen molar-refractivity contribution in [3.8, 4) is 11.5 Å². The Balaban J connectivity index is 2.37. The molecule has 84 valence electrons. The molecule has 1 aromatic rings. The van der Waals surface area contributed by atoms with Gasteiger partial charge in [0.2, 0.25) is 0 Å². The lowest BCUT2D eigenvalue weighted by Gasteiger charge is -2.05. The maximum absolute atomic E-state index is 11.3. The van der Waals surface area contributed by atoms with Crippen molar-refractivity contribution in [3.63, 3.8) is 0 Å². The van der Waals surface area contributed by atoms with Gasteiger partial charge in [-0.2, -0.15) is 0 Å². The summed E-state index contributed by atoms with van der Waals surface area (Å²) in [7, 11) is 0. The van der Waals surface area contributed by atoms with Gasteiger partial charge in [-0.05, 0) is 31.6 Å². The number of aromatic hydroxyl groups is 1. The van der Waals surface area contributed by atoms with Crippen molar-refractivity contribution in [2.24, 2.45) is 0 Å². The smallest absolute Gasteiger partial charge is 0.163 e. The highest BCUT2D eigenvalue weighted by molar-refractivity contribution is 5.97. The number of hydrogen-bond donors (Lipinski definition) is 1. The normalized spacial score (nSPS) is 18.5. The highest BCUT2D eigenvalue weighted by Crippen LogP contribution is 2.35. The molecule has 16 heavy (non-hydrogen) atoms. The zero-order valence-electron chi connectivity index (χ0n) is 9.36. The summed E-state index contributed by atoms with van der Waals surface area (Å²) in [6, 6.07) is 3.24. The second kappa shape index (κ2) is 4.00. The van der Waals surface area contributed by atoms with Gasteiger partial charge in [-0.1, -0.05) is 6.08 Å². The number of fused-ring (bicyclic) bond motifs is 1. The third kappa shape index (κ3) is 1.81. The summed E-state index contributed by atoms with van der Waals surface area (Å²) in [6.07, 6.45) is 4.66. The standard InChI is InChI=1S/C13H14O3/c1-3-4-10-5-9-6-11(8(2)14)12(15)7-13(9)16-10/h3-4,6-7,10,15H,5H2,1-2H3. The summed E-state index contributed by atoms with van der Waals surface area (Å²) < 4.78 is 5.60. The molecule has 0 saturated heterocycles. The monoisotopic (exact) mass is 218 g/mol. The molecule has 0 amide bonds. The molecule has 0 fully saturated rings. The molecule has 1 heterocycles. The van der Waals surface area contributed by atoms with Gasteiger partial charge in [0.1, 0.15) is 17.6 Å². The van der Waals surface area contributed by atoms with E-state index in [1.54, 1.807) is 6.07 Å². The maximum Gasteiger partial charge on any atom is 0.163 e. The fourth-order valence-corrected chi connectivity index (χ4v) is 1.91. The first-order valence-electron chi connectivity index (χ1n) is 5.28. The first-order valence-corrected chi connectivity index (χ1v) is 5.28. The molecule has 0 bridgehead atoms. The van der Waals surface area contributed by atoms with Crippen molar-refractivity contribution >= 4 is 5.78 Å². The Hall–Kier alpha value is -1.77. The van der Waals surface area contributed by atoms with Crippen LogP contribution in [-0.4, -0.2) is 17.0 Å². The average molecular weight is 218 g/mol. The quantitative estimate of drug-likeness (QED) is 0.612. The highest BCUT2D eigenvalue weighted by atomic mass is 16.5. The first-order chi connectivity index (χ1) is 7.61. The van der Waals surface area contributed by atoms with Crippen LogP contribution in [0.2, 0.25) is 0 Å². The molecule has 1 unspecified atom stereocenters. The second-order valence-electron chi connectivity index (χ2n) is 3.92. The number of allylic oxidation sites excluding steroid dienone is 1. The SMILES string of the molecule is CC=CC1Cc2cc(C(C)=O)c(O)cc2O1. The number of carbonyl (C=O) groups is 1. The molecule has 1 atom stereocenters. The van der Waals surface area contributed by atoms with Crippen molar-refractivity contribution in [2.45, 2.75) is 26.4 Å². The summed E-state index contributed by atoms with van der Waals surface area (Å²) >= 11 is 0. The largest absolute Gasteiger partial charge is 0.507 e.